The molecule has 0 spiro atoms. The second-order valence-electron chi connectivity index (χ2n) is 6.64. The van der Waals surface area contributed by atoms with Gasteiger partial charge in [0.2, 0.25) is 5.91 Å². The molecule has 1 saturated heterocycles. The molecule has 1 aromatic carbocycles. The van der Waals surface area contributed by atoms with Crippen molar-refractivity contribution in [3.63, 3.8) is 0 Å². The zero-order valence-electron chi connectivity index (χ0n) is 15.0. The van der Waals surface area contributed by atoms with Crippen LogP contribution in [-0.4, -0.2) is 42.5 Å². The van der Waals surface area contributed by atoms with Crippen LogP contribution in [0.4, 0.5) is 0 Å². The summed E-state index contributed by atoms with van der Waals surface area (Å²) in [4.78, 5) is 26.0. The molecule has 1 aliphatic heterocycles. The summed E-state index contributed by atoms with van der Waals surface area (Å²) in [6.45, 7) is 1.60. The number of amides is 1. The van der Waals surface area contributed by atoms with Crippen molar-refractivity contribution < 1.29 is 24.0 Å². The van der Waals surface area contributed by atoms with Crippen LogP contribution in [0.15, 0.2) is 47.1 Å². The van der Waals surface area contributed by atoms with Crippen LogP contribution in [0.1, 0.15) is 28.7 Å². The van der Waals surface area contributed by atoms with Crippen molar-refractivity contribution in [2.24, 2.45) is 5.41 Å². The van der Waals surface area contributed by atoms with Gasteiger partial charge in [0.15, 0.2) is 5.41 Å². The first-order valence-corrected chi connectivity index (χ1v) is 8.51. The fourth-order valence-electron chi connectivity index (χ4n) is 3.89. The zero-order valence-corrected chi connectivity index (χ0v) is 15.0. The SMILES string of the molecule is COC(=O)[C@@]1([C@@H](CN([O-])O)c2ccco2)C(=O)NC[C@H]1c1ccc(C)cc1. The molecular weight excluding hydrogens is 352 g/mol. The van der Waals surface area contributed by atoms with E-state index in [2.05, 4.69) is 5.32 Å². The summed E-state index contributed by atoms with van der Waals surface area (Å²) in [7, 11) is 1.19. The molecule has 1 aromatic heterocycles. The molecule has 2 heterocycles. The van der Waals surface area contributed by atoms with Crippen LogP contribution in [0, 0.1) is 17.5 Å². The van der Waals surface area contributed by atoms with Crippen molar-refractivity contribution in [1.82, 2.24) is 10.5 Å². The molecule has 2 aromatic rings. The summed E-state index contributed by atoms with van der Waals surface area (Å²) < 4.78 is 10.4. The van der Waals surface area contributed by atoms with Gasteiger partial charge in [0.05, 0.1) is 19.3 Å². The number of carbonyl (C=O) groups is 2. The number of aryl methyl sites for hydroxylation is 1. The van der Waals surface area contributed by atoms with Gasteiger partial charge >= 0.3 is 5.97 Å². The van der Waals surface area contributed by atoms with Gasteiger partial charge in [0.1, 0.15) is 5.76 Å². The third kappa shape index (κ3) is 3.23. The lowest BCUT2D eigenvalue weighted by Crippen LogP contribution is -2.50. The first kappa shape index (κ1) is 19.1. The second-order valence-corrected chi connectivity index (χ2v) is 6.64. The number of hydrogen-bond donors (Lipinski definition) is 2. The Morgan fingerprint density at radius 1 is 1.44 bits per heavy atom. The topological polar surface area (TPSA) is 115 Å². The highest BCUT2D eigenvalue weighted by atomic mass is 16.8. The Morgan fingerprint density at radius 3 is 2.70 bits per heavy atom. The van der Waals surface area contributed by atoms with Gasteiger partial charge in [0, 0.05) is 19.0 Å². The minimum absolute atomic E-state index is 0.193. The number of carbonyl (C=O) groups excluding carboxylic acids is 2. The Hall–Kier alpha value is -2.68. The number of nitrogens with one attached hydrogen (secondary N) is 1. The summed E-state index contributed by atoms with van der Waals surface area (Å²) in [5.41, 5.74) is 0.0208. The predicted molar refractivity (Wildman–Crippen MR) is 94.7 cm³/mol. The maximum atomic E-state index is 13.0. The first-order chi connectivity index (χ1) is 12.9. The van der Waals surface area contributed by atoms with Gasteiger partial charge in [-0.05, 0) is 24.6 Å². The highest BCUT2D eigenvalue weighted by molar-refractivity contribution is 6.06. The molecule has 1 fully saturated rings. The van der Waals surface area contributed by atoms with E-state index in [1.165, 1.54) is 13.4 Å². The van der Waals surface area contributed by atoms with E-state index in [-0.39, 0.29) is 17.5 Å². The molecular formula is C19H21N2O6-. The zero-order chi connectivity index (χ0) is 19.6. The lowest BCUT2D eigenvalue weighted by atomic mass is 9.64. The van der Waals surface area contributed by atoms with Crippen LogP contribution >= 0.6 is 0 Å². The van der Waals surface area contributed by atoms with Gasteiger partial charge in [-0.25, -0.2) is 0 Å². The summed E-state index contributed by atoms with van der Waals surface area (Å²) in [6.07, 6.45) is 1.38. The van der Waals surface area contributed by atoms with Crippen LogP contribution in [0.25, 0.3) is 0 Å². The molecule has 2 N–H and O–H groups in total. The van der Waals surface area contributed by atoms with E-state index in [1.807, 2.05) is 31.2 Å². The van der Waals surface area contributed by atoms with Gasteiger partial charge in [-0.2, -0.15) is 0 Å². The standard InChI is InChI=1S/C19H21N2O6/c1-12-5-7-13(8-6-12)14-10-20-17(22)19(14,18(23)26-2)15(11-21(24)25)16-4-3-9-27-16/h3-9,14-15,24H,10-11H2,1-2H3,(H,20,22)/q-1/t14-,15-,19-/m0/s1. The van der Waals surface area contributed by atoms with Gasteiger partial charge < -0.3 is 24.9 Å². The number of nitrogens with zero attached hydrogens (tertiary/aromatic N) is 1. The molecule has 27 heavy (non-hydrogen) atoms. The molecule has 1 aliphatic rings. The average molecular weight is 373 g/mol. The van der Waals surface area contributed by atoms with Crippen molar-refractivity contribution in [2.75, 3.05) is 20.2 Å². The lowest BCUT2D eigenvalue weighted by Gasteiger charge is -2.38. The minimum Gasteiger partial charge on any atom is -0.762 e. The smallest absolute Gasteiger partial charge is 0.322 e. The van der Waals surface area contributed by atoms with Crippen LogP contribution < -0.4 is 5.32 Å². The quantitative estimate of drug-likeness (QED) is 0.452. The van der Waals surface area contributed by atoms with Crippen LogP contribution in [0.5, 0.6) is 0 Å². The maximum absolute atomic E-state index is 13.0. The van der Waals surface area contributed by atoms with Crippen molar-refractivity contribution in [3.8, 4) is 0 Å². The number of rotatable bonds is 6. The number of methoxy groups -OCH3 is 1. The molecule has 8 nitrogen and oxygen atoms in total. The van der Waals surface area contributed by atoms with E-state index >= 15 is 0 Å². The number of furan rings is 1. The van der Waals surface area contributed by atoms with E-state index in [0.29, 0.717) is 0 Å². The van der Waals surface area contributed by atoms with Crippen LogP contribution in [0.3, 0.4) is 0 Å². The highest BCUT2D eigenvalue weighted by Gasteiger charge is 2.63. The summed E-state index contributed by atoms with van der Waals surface area (Å²) in [5.74, 6) is -2.76. The number of ether oxygens (including phenoxy) is 1. The maximum Gasteiger partial charge on any atom is 0.322 e. The lowest BCUT2D eigenvalue weighted by molar-refractivity contribution is -0.162. The number of hydrogen-bond acceptors (Lipinski definition) is 7. The number of hydroxylamine groups is 2. The Bertz CT molecular complexity index is 802. The van der Waals surface area contributed by atoms with Crippen LogP contribution in [-0.2, 0) is 14.3 Å². The third-order valence-corrected chi connectivity index (χ3v) is 5.17. The second kappa shape index (κ2) is 7.51. The average Bonchev–Trinajstić information content (AvgIpc) is 3.28. The van der Waals surface area contributed by atoms with Crippen molar-refractivity contribution in [1.29, 1.82) is 0 Å². The van der Waals surface area contributed by atoms with Gasteiger partial charge in [-0.1, -0.05) is 29.8 Å². The fraction of sp³-hybridized carbons (Fsp3) is 0.368. The molecule has 0 saturated carbocycles. The summed E-state index contributed by atoms with van der Waals surface area (Å²) in [6, 6.07) is 10.6. The summed E-state index contributed by atoms with van der Waals surface area (Å²) in [5, 5.41) is 23.3. The van der Waals surface area contributed by atoms with Gasteiger partial charge in [-0.3, -0.25) is 14.8 Å². The molecule has 3 atom stereocenters. The van der Waals surface area contributed by atoms with E-state index in [0.717, 1.165) is 11.1 Å². The Kier molecular flexibility index (Phi) is 5.31. The van der Waals surface area contributed by atoms with Gasteiger partial charge in [0.25, 0.3) is 0 Å². The van der Waals surface area contributed by atoms with Crippen molar-refractivity contribution in [3.05, 3.63) is 64.8 Å². The molecule has 0 unspecified atom stereocenters. The Balaban J connectivity index is 2.20. The number of benzene rings is 1. The highest BCUT2D eigenvalue weighted by Crippen LogP contribution is 2.51. The van der Waals surface area contributed by atoms with Crippen molar-refractivity contribution in [2.45, 2.75) is 18.8 Å². The predicted octanol–water partition coefficient (Wildman–Crippen LogP) is 1.93. The summed E-state index contributed by atoms with van der Waals surface area (Å²) >= 11 is 0. The molecule has 0 bridgehead atoms. The van der Waals surface area contributed by atoms with Crippen LogP contribution in [0.2, 0.25) is 0 Å². The van der Waals surface area contributed by atoms with E-state index < -0.39 is 35.7 Å². The minimum atomic E-state index is -1.76. The largest absolute Gasteiger partial charge is 0.762 e. The first-order valence-electron chi connectivity index (χ1n) is 8.51. The van der Waals surface area contributed by atoms with Gasteiger partial charge in [-0.15, -0.1) is 0 Å². The van der Waals surface area contributed by atoms with Crippen molar-refractivity contribution >= 4 is 11.9 Å². The fourth-order valence-corrected chi connectivity index (χ4v) is 3.89. The molecule has 3 rings (SSSR count). The van der Waals surface area contributed by atoms with E-state index in [9.17, 15) is 20.0 Å². The van der Waals surface area contributed by atoms with E-state index in [1.54, 1.807) is 12.1 Å². The molecule has 1 amide bonds. The normalized spacial score (nSPS) is 23.3. The monoisotopic (exact) mass is 373 g/mol. The third-order valence-electron chi connectivity index (χ3n) is 5.17. The molecule has 8 heteroatoms. The Labute approximate surface area is 156 Å². The number of esters is 1. The van der Waals surface area contributed by atoms with E-state index in [4.69, 9.17) is 9.15 Å². The molecule has 0 aliphatic carbocycles. The Morgan fingerprint density at radius 2 is 2.15 bits per heavy atom. The molecule has 0 radical (unpaired) electrons. The molecule has 144 valence electrons.